The van der Waals surface area contributed by atoms with Gasteiger partial charge in [-0.05, 0) is 23.8 Å². The van der Waals surface area contributed by atoms with Crippen LogP contribution in [0.15, 0.2) is 69.4 Å². The summed E-state index contributed by atoms with van der Waals surface area (Å²) in [6.45, 7) is 4.20. The lowest BCUT2D eigenvalue weighted by molar-refractivity contribution is -0.428. The Morgan fingerprint density at radius 1 is 1.28 bits per heavy atom. The van der Waals surface area contributed by atoms with Crippen molar-refractivity contribution in [1.82, 2.24) is 0 Å². The smallest absolute Gasteiger partial charge is 0.351 e. The molecule has 0 aliphatic heterocycles. The highest BCUT2D eigenvalue weighted by Gasteiger charge is 2.23. The number of carbonyl (C=O) groups is 1. The molecule has 10 nitrogen and oxygen atoms in total. The maximum absolute atomic E-state index is 12.5. The number of fused-ring (bicyclic) bond motifs is 1. The Morgan fingerprint density at radius 2 is 1.97 bits per heavy atom. The van der Waals surface area contributed by atoms with E-state index in [1.807, 2.05) is 0 Å². The van der Waals surface area contributed by atoms with E-state index in [1.165, 1.54) is 12.1 Å². The molecule has 1 aromatic carbocycles. The van der Waals surface area contributed by atoms with Crippen LogP contribution in [0.5, 0.6) is 0 Å². The number of carbonyl (C=O) groups excluding carboxylic acids is 1. The van der Waals surface area contributed by atoms with E-state index in [-0.39, 0.29) is 11.5 Å². The lowest BCUT2D eigenvalue weighted by Crippen LogP contribution is -2.17. The number of alkyl halides is 1. The number of nitro groups is 2. The summed E-state index contributed by atoms with van der Waals surface area (Å²) in [6, 6.07) is 5.91. The van der Waals surface area contributed by atoms with E-state index in [2.05, 4.69) is 6.58 Å². The summed E-state index contributed by atoms with van der Waals surface area (Å²) >= 11 is 5.76. The highest BCUT2D eigenvalue weighted by Crippen LogP contribution is 2.19. The molecule has 0 amide bonds. The summed E-state index contributed by atoms with van der Waals surface area (Å²) in [5.74, 6) is -1.82. The van der Waals surface area contributed by atoms with Crippen molar-refractivity contribution in [1.29, 1.82) is 0 Å². The molecule has 0 unspecified atom stereocenters. The Bertz CT molecular complexity index is 1150. The monoisotopic (exact) mass is 420 g/mol. The number of halogens is 1. The number of hydrogen-bond donors (Lipinski definition) is 0. The number of rotatable bonds is 7. The Balaban J connectivity index is 2.54. The van der Waals surface area contributed by atoms with Crippen LogP contribution in [0.4, 0.5) is 0 Å². The van der Waals surface area contributed by atoms with E-state index in [1.54, 1.807) is 12.1 Å². The van der Waals surface area contributed by atoms with Crippen LogP contribution in [0.3, 0.4) is 0 Å². The predicted molar refractivity (Wildman–Crippen MR) is 102 cm³/mol. The van der Waals surface area contributed by atoms with Crippen molar-refractivity contribution in [2.24, 2.45) is 0 Å². The molecule has 0 radical (unpaired) electrons. The topological polar surface area (TPSA) is 143 Å². The fourth-order valence-corrected chi connectivity index (χ4v) is 2.34. The molecule has 0 atom stereocenters. The van der Waals surface area contributed by atoms with Gasteiger partial charge in [0.1, 0.15) is 11.1 Å². The molecule has 0 N–H and O–H groups in total. The Kier molecular flexibility index (Phi) is 6.63. The van der Waals surface area contributed by atoms with Crippen LogP contribution in [-0.4, -0.2) is 15.8 Å². The molecule has 29 heavy (non-hydrogen) atoms. The molecule has 0 fully saturated rings. The quantitative estimate of drug-likeness (QED) is 0.126. The number of hydrogen-bond acceptors (Lipinski definition) is 8. The second-order valence-electron chi connectivity index (χ2n) is 5.58. The van der Waals surface area contributed by atoms with Gasteiger partial charge in [-0.15, -0.1) is 11.6 Å². The van der Waals surface area contributed by atoms with Crippen molar-refractivity contribution in [2.75, 3.05) is 0 Å². The van der Waals surface area contributed by atoms with Crippen molar-refractivity contribution in [3.8, 4) is 0 Å². The summed E-state index contributed by atoms with van der Waals surface area (Å²) in [6.07, 6.45) is 1.48. The van der Waals surface area contributed by atoms with E-state index >= 15 is 0 Å². The Labute approximate surface area is 167 Å². The zero-order chi connectivity index (χ0) is 21.7. The standard InChI is InChI=1S/C18H13ClN2O8/c1-3-13(21(26)27)8-16(10(2)20(24)25)29-18(23)14-7-12-6-11(9-19)4-5-15(12)28-17(14)22/h3-8H,1,9H2,2H3/b13-8+,16-10-. The van der Waals surface area contributed by atoms with Crippen LogP contribution in [0.25, 0.3) is 11.0 Å². The maximum Gasteiger partial charge on any atom is 0.351 e. The van der Waals surface area contributed by atoms with Crippen molar-refractivity contribution < 1.29 is 23.8 Å². The van der Waals surface area contributed by atoms with Crippen LogP contribution >= 0.6 is 11.6 Å². The van der Waals surface area contributed by atoms with E-state index < -0.39 is 44.2 Å². The average molecular weight is 421 g/mol. The highest BCUT2D eigenvalue weighted by atomic mass is 35.5. The van der Waals surface area contributed by atoms with Gasteiger partial charge in [0.15, 0.2) is 0 Å². The van der Waals surface area contributed by atoms with Crippen LogP contribution in [-0.2, 0) is 10.6 Å². The third-order valence-corrected chi connectivity index (χ3v) is 4.01. The second-order valence-corrected chi connectivity index (χ2v) is 5.85. The fourth-order valence-electron chi connectivity index (χ4n) is 2.17. The molecule has 1 heterocycles. The van der Waals surface area contributed by atoms with Crippen molar-refractivity contribution in [3.05, 3.63) is 102 Å². The van der Waals surface area contributed by atoms with E-state index in [0.29, 0.717) is 17.0 Å². The summed E-state index contributed by atoms with van der Waals surface area (Å²) < 4.78 is 9.97. The minimum absolute atomic E-state index is 0.180. The number of benzene rings is 1. The number of esters is 1. The normalized spacial score (nSPS) is 12.3. The molecule has 0 bridgehead atoms. The zero-order valence-electron chi connectivity index (χ0n) is 14.9. The first-order valence-corrected chi connectivity index (χ1v) is 8.40. The van der Waals surface area contributed by atoms with E-state index in [0.717, 1.165) is 13.0 Å². The van der Waals surface area contributed by atoms with Crippen molar-refractivity contribution in [3.63, 3.8) is 0 Å². The lowest BCUT2D eigenvalue weighted by Gasteiger charge is -2.06. The van der Waals surface area contributed by atoms with Crippen LogP contribution < -0.4 is 5.63 Å². The molecule has 0 aliphatic rings. The van der Waals surface area contributed by atoms with Crippen molar-refractivity contribution in [2.45, 2.75) is 12.8 Å². The zero-order valence-corrected chi connectivity index (χ0v) is 15.7. The van der Waals surface area contributed by atoms with Gasteiger partial charge in [0.05, 0.1) is 15.9 Å². The predicted octanol–water partition coefficient (Wildman–Crippen LogP) is 3.54. The summed E-state index contributed by atoms with van der Waals surface area (Å²) in [5, 5.41) is 22.4. The van der Waals surface area contributed by atoms with Gasteiger partial charge in [0, 0.05) is 24.3 Å². The summed E-state index contributed by atoms with van der Waals surface area (Å²) in [4.78, 5) is 44.8. The van der Waals surface area contributed by atoms with Crippen LogP contribution in [0, 0.1) is 20.2 Å². The van der Waals surface area contributed by atoms with Crippen LogP contribution in [0.2, 0.25) is 0 Å². The number of nitrogens with zero attached hydrogens (tertiary/aromatic N) is 2. The molecular weight excluding hydrogens is 408 g/mol. The molecule has 0 spiro atoms. The molecule has 2 rings (SSSR count). The van der Waals surface area contributed by atoms with Gasteiger partial charge in [-0.25, -0.2) is 9.59 Å². The molecule has 150 valence electrons. The molecular formula is C18H13ClN2O8. The van der Waals surface area contributed by atoms with Gasteiger partial charge < -0.3 is 9.15 Å². The first-order valence-electron chi connectivity index (χ1n) is 7.86. The average Bonchev–Trinajstić information content (AvgIpc) is 2.68. The van der Waals surface area contributed by atoms with Crippen LogP contribution in [0.1, 0.15) is 22.8 Å². The molecule has 1 aromatic heterocycles. The Morgan fingerprint density at radius 3 is 2.52 bits per heavy atom. The fraction of sp³-hybridized carbons (Fsp3) is 0.111. The number of allylic oxidation sites excluding steroid dienone is 3. The number of ether oxygens (including phenoxy) is 1. The Hall–Kier alpha value is -3.79. The van der Waals surface area contributed by atoms with E-state index in [4.69, 9.17) is 20.8 Å². The van der Waals surface area contributed by atoms with Gasteiger partial charge in [-0.2, -0.15) is 0 Å². The molecule has 0 saturated heterocycles. The first kappa shape index (κ1) is 21.5. The van der Waals surface area contributed by atoms with Gasteiger partial charge >= 0.3 is 11.6 Å². The highest BCUT2D eigenvalue weighted by molar-refractivity contribution is 6.17. The minimum atomic E-state index is -1.28. The van der Waals surface area contributed by atoms with Gasteiger partial charge in [0.2, 0.25) is 5.76 Å². The first-order chi connectivity index (χ1) is 13.7. The van der Waals surface area contributed by atoms with Gasteiger partial charge in [0.25, 0.3) is 11.4 Å². The van der Waals surface area contributed by atoms with E-state index in [9.17, 15) is 29.8 Å². The molecule has 0 aliphatic carbocycles. The SMILES string of the molecule is C=C/C(=C\C(OC(=O)c1cc2cc(CCl)ccc2oc1=O)=C(/C)[N+](=O)[O-])[N+](=O)[O-]. The third kappa shape index (κ3) is 4.93. The lowest BCUT2D eigenvalue weighted by atomic mass is 10.1. The molecule has 0 saturated carbocycles. The largest absolute Gasteiger partial charge is 0.422 e. The molecule has 11 heteroatoms. The van der Waals surface area contributed by atoms with Gasteiger partial charge in [-0.1, -0.05) is 12.6 Å². The van der Waals surface area contributed by atoms with Gasteiger partial charge in [-0.3, -0.25) is 20.2 Å². The third-order valence-electron chi connectivity index (χ3n) is 3.70. The second kappa shape index (κ2) is 8.93. The van der Waals surface area contributed by atoms with Crippen molar-refractivity contribution >= 4 is 28.5 Å². The molecule has 2 aromatic rings. The minimum Gasteiger partial charge on any atom is -0.422 e. The summed E-state index contributed by atoms with van der Waals surface area (Å²) in [5.41, 5.74) is -2.03. The maximum atomic E-state index is 12.5. The summed E-state index contributed by atoms with van der Waals surface area (Å²) in [7, 11) is 0.